The number of rotatable bonds is 4. The second-order valence-electron chi connectivity index (χ2n) is 6.97. The number of hydrogen-bond acceptors (Lipinski definition) is 5. The van der Waals surface area contributed by atoms with Crippen molar-refractivity contribution in [2.24, 2.45) is 0 Å². The number of benzene rings is 1. The minimum atomic E-state index is -1.22. The van der Waals surface area contributed by atoms with E-state index in [2.05, 4.69) is 20.8 Å². The van der Waals surface area contributed by atoms with Crippen LogP contribution in [0.2, 0.25) is 0 Å². The number of imide groups is 1. The molecule has 0 aliphatic carbocycles. The van der Waals surface area contributed by atoms with Gasteiger partial charge in [-0.25, -0.2) is 14.3 Å². The van der Waals surface area contributed by atoms with E-state index in [1.165, 1.54) is 10.7 Å². The predicted octanol–water partition coefficient (Wildman–Crippen LogP) is 1.85. The Morgan fingerprint density at radius 1 is 1.21 bits per heavy atom. The van der Waals surface area contributed by atoms with Crippen molar-refractivity contribution in [1.29, 1.82) is 0 Å². The van der Waals surface area contributed by atoms with Crippen LogP contribution in [0.15, 0.2) is 42.6 Å². The third-order valence-corrected chi connectivity index (χ3v) is 5.12. The molecule has 2 aromatic heterocycles. The van der Waals surface area contributed by atoms with Gasteiger partial charge in [0.25, 0.3) is 11.8 Å². The lowest BCUT2D eigenvalue weighted by molar-refractivity contribution is -0.133. The van der Waals surface area contributed by atoms with Gasteiger partial charge in [-0.2, -0.15) is 10.1 Å². The molecule has 1 saturated heterocycles. The maximum absolute atomic E-state index is 13.1. The number of hydrazine groups is 1. The van der Waals surface area contributed by atoms with Gasteiger partial charge >= 0.3 is 6.03 Å². The molecular formula is C20H20N6O3. The first kappa shape index (κ1) is 18.6. The monoisotopic (exact) mass is 392 g/mol. The Kier molecular flexibility index (Phi) is 4.30. The second-order valence-corrected chi connectivity index (χ2v) is 6.97. The molecule has 29 heavy (non-hydrogen) atoms. The molecule has 1 atom stereocenters. The summed E-state index contributed by atoms with van der Waals surface area (Å²) in [6.07, 6.45) is 1.71. The fourth-order valence-corrected chi connectivity index (χ4v) is 3.63. The summed E-state index contributed by atoms with van der Waals surface area (Å²) in [4.78, 5) is 42.9. The molecule has 0 saturated carbocycles. The van der Waals surface area contributed by atoms with Gasteiger partial charge in [0, 0.05) is 11.4 Å². The van der Waals surface area contributed by atoms with Gasteiger partial charge in [-0.15, -0.1) is 0 Å². The molecule has 4 amide bonds. The molecule has 1 unspecified atom stereocenters. The number of hydrogen-bond donors (Lipinski definition) is 2. The highest BCUT2D eigenvalue weighted by Gasteiger charge is 2.52. The molecule has 2 N–H and O–H groups in total. The summed E-state index contributed by atoms with van der Waals surface area (Å²) in [6.45, 7) is 5.47. The first-order valence-electron chi connectivity index (χ1n) is 9.22. The maximum Gasteiger partial charge on any atom is 0.344 e. The second kappa shape index (κ2) is 6.69. The maximum atomic E-state index is 13.1. The topological polar surface area (TPSA) is 109 Å². The van der Waals surface area contributed by atoms with Crippen molar-refractivity contribution in [3.05, 3.63) is 65.1 Å². The van der Waals surface area contributed by atoms with Gasteiger partial charge in [0.1, 0.15) is 11.1 Å². The Bertz CT molecular complexity index is 1140. The van der Waals surface area contributed by atoms with E-state index in [0.717, 1.165) is 16.4 Å². The summed E-state index contributed by atoms with van der Waals surface area (Å²) >= 11 is 0. The van der Waals surface area contributed by atoms with Crippen LogP contribution in [-0.4, -0.2) is 37.5 Å². The van der Waals surface area contributed by atoms with Crippen LogP contribution in [0.25, 0.3) is 5.65 Å². The zero-order valence-corrected chi connectivity index (χ0v) is 16.3. The highest BCUT2D eigenvalue weighted by atomic mass is 16.2. The number of urea groups is 1. The zero-order chi connectivity index (χ0) is 20.8. The van der Waals surface area contributed by atoms with E-state index in [1.54, 1.807) is 31.2 Å². The van der Waals surface area contributed by atoms with E-state index < -0.39 is 23.4 Å². The average Bonchev–Trinajstić information content (AvgIpc) is 3.23. The molecule has 9 heteroatoms. The average molecular weight is 392 g/mol. The Labute approximate surface area is 166 Å². The van der Waals surface area contributed by atoms with Gasteiger partial charge < -0.3 is 5.32 Å². The van der Waals surface area contributed by atoms with Gasteiger partial charge in [-0.1, -0.05) is 37.3 Å². The lowest BCUT2D eigenvalue weighted by atomic mass is 9.87. The molecule has 1 aromatic carbocycles. The Hall–Kier alpha value is -3.75. The van der Waals surface area contributed by atoms with Crippen LogP contribution >= 0.6 is 0 Å². The third kappa shape index (κ3) is 2.82. The Morgan fingerprint density at radius 2 is 1.93 bits per heavy atom. The quantitative estimate of drug-likeness (QED) is 0.659. The van der Waals surface area contributed by atoms with Crippen LogP contribution in [0.1, 0.15) is 40.7 Å². The molecule has 1 aliphatic heterocycles. The van der Waals surface area contributed by atoms with Gasteiger partial charge in [0.2, 0.25) is 0 Å². The first-order chi connectivity index (χ1) is 13.9. The molecule has 148 valence electrons. The lowest BCUT2D eigenvalue weighted by Crippen LogP contribution is -2.48. The van der Waals surface area contributed by atoms with E-state index in [-0.39, 0.29) is 5.56 Å². The predicted molar refractivity (Wildman–Crippen MR) is 104 cm³/mol. The number of carbonyl (C=O) groups excluding carboxylic acids is 3. The van der Waals surface area contributed by atoms with Crippen LogP contribution in [0, 0.1) is 13.8 Å². The standard InChI is InChI=1S/C20H20N6O3/c1-4-20(14-8-6-5-7-9-14)18(28)26(19(29)23-20)24-17(27)15-11-21-25-13(3)10-12(2)22-16(15)25/h5-11H,4H2,1-3H3,(H,23,29)(H,24,27). The van der Waals surface area contributed by atoms with E-state index in [4.69, 9.17) is 0 Å². The van der Waals surface area contributed by atoms with E-state index in [0.29, 0.717) is 17.6 Å². The molecule has 0 spiro atoms. The molecule has 3 aromatic rings. The molecule has 9 nitrogen and oxygen atoms in total. The smallest absolute Gasteiger partial charge is 0.318 e. The largest absolute Gasteiger partial charge is 0.344 e. The van der Waals surface area contributed by atoms with E-state index in [1.807, 2.05) is 26.0 Å². The molecule has 1 fully saturated rings. The van der Waals surface area contributed by atoms with Crippen molar-refractivity contribution < 1.29 is 14.4 Å². The SMILES string of the molecule is CCC1(c2ccccc2)NC(=O)N(NC(=O)c2cnn3c(C)cc(C)nc23)C1=O. The van der Waals surface area contributed by atoms with Crippen molar-refractivity contribution in [3.63, 3.8) is 0 Å². The molecule has 3 heterocycles. The van der Waals surface area contributed by atoms with E-state index >= 15 is 0 Å². The number of carbonyl (C=O) groups is 3. The zero-order valence-electron chi connectivity index (χ0n) is 16.3. The fourth-order valence-electron chi connectivity index (χ4n) is 3.63. The van der Waals surface area contributed by atoms with E-state index in [9.17, 15) is 14.4 Å². The summed E-state index contributed by atoms with van der Waals surface area (Å²) in [5, 5.41) is 7.63. The van der Waals surface area contributed by atoms with Gasteiger partial charge in [-0.05, 0) is 31.9 Å². The Balaban J connectivity index is 1.66. The number of nitrogens with one attached hydrogen (secondary N) is 2. The number of amides is 4. The normalized spacial score (nSPS) is 18.9. The van der Waals surface area contributed by atoms with Gasteiger partial charge in [0.05, 0.1) is 6.20 Å². The number of aryl methyl sites for hydroxylation is 2. The van der Waals surface area contributed by atoms with Gasteiger partial charge in [0.15, 0.2) is 5.65 Å². The van der Waals surface area contributed by atoms with Crippen LogP contribution in [0.5, 0.6) is 0 Å². The third-order valence-electron chi connectivity index (χ3n) is 5.12. The summed E-state index contributed by atoms with van der Waals surface area (Å²) in [5.74, 6) is -1.18. The molecule has 4 rings (SSSR count). The van der Waals surface area contributed by atoms with Gasteiger partial charge in [-0.3, -0.25) is 15.0 Å². The van der Waals surface area contributed by atoms with Crippen molar-refractivity contribution >= 4 is 23.5 Å². The van der Waals surface area contributed by atoms with Crippen molar-refractivity contribution in [1.82, 2.24) is 30.3 Å². The van der Waals surface area contributed by atoms with Crippen LogP contribution in [-0.2, 0) is 10.3 Å². The number of fused-ring (bicyclic) bond motifs is 1. The van der Waals surface area contributed by atoms with Crippen molar-refractivity contribution in [3.8, 4) is 0 Å². The fraction of sp³-hybridized carbons (Fsp3) is 0.250. The summed E-state index contributed by atoms with van der Waals surface area (Å²) < 4.78 is 1.54. The van der Waals surface area contributed by atoms with Crippen molar-refractivity contribution in [2.75, 3.05) is 0 Å². The molecule has 0 bridgehead atoms. The summed E-state index contributed by atoms with van der Waals surface area (Å²) in [6, 6.07) is 10.1. The molecule has 1 aliphatic rings. The van der Waals surface area contributed by atoms with Crippen LogP contribution in [0.3, 0.4) is 0 Å². The minimum Gasteiger partial charge on any atom is -0.318 e. The number of nitrogens with zero attached hydrogens (tertiary/aromatic N) is 4. The molecule has 0 radical (unpaired) electrons. The molecular weight excluding hydrogens is 372 g/mol. The minimum absolute atomic E-state index is 0.172. The number of aromatic nitrogens is 3. The summed E-state index contributed by atoms with van der Waals surface area (Å²) in [7, 11) is 0. The first-order valence-corrected chi connectivity index (χ1v) is 9.22. The van der Waals surface area contributed by atoms with Crippen LogP contribution in [0.4, 0.5) is 4.79 Å². The van der Waals surface area contributed by atoms with Crippen molar-refractivity contribution in [2.45, 2.75) is 32.7 Å². The highest BCUT2D eigenvalue weighted by Crippen LogP contribution is 2.31. The Morgan fingerprint density at radius 3 is 2.62 bits per heavy atom. The van der Waals surface area contributed by atoms with Crippen LogP contribution < -0.4 is 10.7 Å². The summed E-state index contributed by atoms with van der Waals surface area (Å²) in [5.41, 5.74) is 3.92. The lowest BCUT2D eigenvalue weighted by Gasteiger charge is -2.25. The highest BCUT2D eigenvalue weighted by molar-refractivity contribution is 6.10.